The maximum Gasteiger partial charge on any atom is 0.272 e. The second kappa shape index (κ2) is 13.4. The summed E-state index contributed by atoms with van der Waals surface area (Å²) in [4.78, 5) is 43.4. The van der Waals surface area contributed by atoms with Gasteiger partial charge in [0.25, 0.3) is 11.8 Å². The highest BCUT2D eigenvalue weighted by Gasteiger charge is 2.18. The van der Waals surface area contributed by atoms with Crippen LogP contribution in [-0.2, 0) is 9.59 Å². The van der Waals surface area contributed by atoms with Gasteiger partial charge in [-0.05, 0) is 61.5 Å². The van der Waals surface area contributed by atoms with Gasteiger partial charge >= 0.3 is 0 Å². The average molecular weight is 598 g/mol. The molecule has 1 unspecified atom stereocenters. The zero-order chi connectivity index (χ0) is 27.8. The highest BCUT2D eigenvalue weighted by atomic mass is 35.5. The van der Waals surface area contributed by atoms with Gasteiger partial charge < -0.3 is 16.0 Å². The van der Waals surface area contributed by atoms with Gasteiger partial charge in [-0.3, -0.25) is 14.4 Å². The molecule has 0 saturated heterocycles. The first-order valence-electron chi connectivity index (χ1n) is 11.6. The van der Waals surface area contributed by atoms with Gasteiger partial charge in [0.2, 0.25) is 5.91 Å². The molecule has 198 valence electrons. The molecule has 4 aromatic rings. The number of hydrogen-bond acceptors (Lipinski definition) is 6. The van der Waals surface area contributed by atoms with E-state index in [1.165, 1.54) is 29.2 Å². The third-order valence-corrected chi connectivity index (χ3v) is 7.73. The monoisotopic (exact) mass is 596 g/mol. The zero-order valence-electron chi connectivity index (χ0n) is 20.5. The van der Waals surface area contributed by atoms with Crippen LogP contribution < -0.4 is 16.0 Å². The predicted octanol–water partition coefficient (Wildman–Crippen LogP) is 6.98. The molecule has 0 radical (unpaired) electrons. The molecule has 4 rings (SSSR count). The second-order valence-corrected chi connectivity index (χ2v) is 11.2. The molecule has 11 heteroatoms. The number of rotatable bonds is 9. The molecule has 0 bridgehead atoms. The van der Waals surface area contributed by atoms with Gasteiger partial charge in [0.05, 0.1) is 5.25 Å². The van der Waals surface area contributed by atoms with Crippen LogP contribution in [0.15, 0.2) is 95.0 Å². The first-order valence-corrected chi connectivity index (χ1v) is 14.1. The fourth-order valence-corrected chi connectivity index (χ4v) is 5.21. The van der Waals surface area contributed by atoms with Crippen molar-refractivity contribution in [3.05, 3.63) is 111 Å². The lowest BCUT2D eigenvalue weighted by Gasteiger charge is -2.13. The van der Waals surface area contributed by atoms with Gasteiger partial charge in [0.1, 0.15) is 5.70 Å². The summed E-state index contributed by atoms with van der Waals surface area (Å²) < 4.78 is 0. The molecular weight excluding hydrogens is 575 g/mol. The highest BCUT2D eigenvalue weighted by Crippen LogP contribution is 2.28. The van der Waals surface area contributed by atoms with Crippen LogP contribution in [0.1, 0.15) is 22.8 Å². The SMILES string of the molecule is CC(Sc1ccc(NC(=O)/C(=C/c2c(Cl)cccc2Cl)NC(=O)c2ccccc2)cc1)C(=O)Nc1nccs1. The second-order valence-electron chi connectivity index (χ2n) is 8.08. The number of hydrogen-bond donors (Lipinski definition) is 3. The number of halogens is 2. The van der Waals surface area contributed by atoms with E-state index in [1.807, 2.05) is 0 Å². The molecule has 0 spiro atoms. The molecule has 0 aliphatic heterocycles. The molecule has 3 amide bonds. The minimum atomic E-state index is -0.563. The van der Waals surface area contributed by atoms with Gasteiger partial charge in [-0.1, -0.05) is 47.5 Å². The number of nitrogens with one attached hydrogen (secondary N) is 3. The highest BCUT2D eigenvalue weighted by molar-refractivity contribution is 8.00. The summed E-state index contributed by atoms with van der Waals surface area (Å²) in [5, 5.41) is 10.9. The van der Waals surface area contributed by atoms with Crippen molar-refractivity contribution in [1.29, 1.82) is 0 Å². The summed E-state index contributed by atoms with van der Waals surface area (Å²) in [7, 11) is 0. The largest absolute Gasteiger partial charge is 0.321 e. The number of carbonyl (C=O) groups is 3. The van der Waals surface area contributed by atoms with Crippen LogP contribution in [0.4, 0.5) is 10.8 Å². The lowest BCUT2D eigenvalue weighted by molar-refractivity contribution is -0.115. The molecule has 3 aromatic carbocycles. The van der Waals surface area contributed by atoms with Crippen LogP contribution in [0.2, 0.25) is 10.0 Å². The van der Waals surface area contributed by atoms with Crippen molar-refractivity contribution in [3.63, 3.8) is 0 Å². The van der Waals surface area contributed by atoms with Crippen molar-refractivity contribution in [3.8, 4) is 0 Å². The molecule has 0 fully saturated rings. The van der Waals surface area contributed by atoms with Crippen molar-refractivity contribution in [2.45, 2.75) is 17.1 Å². The van der Waals surface area contributed by atoms with Crippen molar-refractivity contribution < 1.29 is 14.4 Å². The number of carbonyl (C=O) groups excluding carboxylic acids is 3. The van der Waals surface area contributed by atoms with Crippen molar-refractivity contribution >= 4 is 80.9 Å². The Morgan fingerprint density at radius 3 is 2.26 bits per heavy atom. The van der Waals surface area contributed by atoms with E-state index in [0.717, 1.165) is 4.90 Å². The fourth-order valence-electron chi connectivity index (χ4n) is 3.30. The molecule has 39 heavy (non-hydrogen) atoms. The third kappa shape index (κ3) is 7.93. The normalized spacial score (nSPS) is 11.9. The van der Waals surface area contributed by atoms with Gasteiger partial charge in [0, 0.05) is 43.3 Å². The van der Waals surface area contributed by atoms with Crippen LogP contribution in [0, 0.1) is 0 Å². The van der Waals surface area contributed by atoms with Crippen LogP contribution in [0.25, 0.3) is 6.08 Å². The van der Waals surface area contributed by atoms with Crippen LogP contribution >= 0.6 is 46.3 Å². The van der Waals surface area contributed by atoms with Crippen LogP contribution in [0.5, 0.6) is 0 Å². The van der Waals surface area contributed by atoms with Crippen LogP contribution in [0.3, 0.4) is 0 Å². The standard InChI is InChI=1S/C28H22Cl2N4O3S2/c1-17(25(35)34-28-31-14-15-38-28)39-20-12-10-19(11-13-20)32-27(37)24(16-21-22(29)8-5-9-23(21)30)33-26(36)18-6-3-2-4-7-18/h2-17H,1H3,(H,32,37)(H,33,36)(H,31,34,35)/b24-16-. The lowest BCUT2D eigenvalue weighted by Crippen LogP contribution is -2.30. The Bertz CT molecular complexity index is 1480. The average Bonchev–Trinajstić information content (AvgIpc) is 3.44. The van der Waals surface area contributed by atoms with E-state index >= 15 is 0 Å². The van der Waals surface area contributed by atoms with Gasteiger partial charge in [0.15, 0.2) is 5.13 Å². The maximum absolute atomic E-state index is 13.3. The Hall–Kier alpha value is -3.63. The Balaban J connectivity index is 1.48. The topological polar surface area (TPSA) is 100 Å². The Kier molecular flexibility index (Phi) is 9.78. The molecule has 1 atom stereocenters. The quantitative estimate of drug-likeness (QED) is 0.143. The van der Waals surface area contributed by atoms with Crippen molar-refractivity contribution in [1.82, 2.24) is 10.3 Å². The number of amides is 3. The number of benzene rings is 3. The number of anilines is 2. The number of thiazole rings is 1. The third-order valence-electron chi connectivity index (χ3n) is 5.27. The molecule has 7 nitrogen and oxygen atoms in total. The van der Waals surface area contributed by atoms with E-state index in [1.54, 1.807) is 91.3 Å². The Morgan fingerprint density at radius 1 is 0.923 bits per heavy atom. The Labute approximate surface area is 243 Å². The maximum atomic E-state index is 13.3. The number of nitrogens with zero attached hydrogens (tertiary/aromatic N) is 1. The minimum absolute atomic E-state index is 0.0372. The molecular formula is C28H22Cl2N4O3S2. The first-order chi connectivity index (χ1) is 18.8. The number of aromatic nitrogens is 1. The fraction of sp³-hybridized carbons (Fsp3) is 0.0714. The Morgan fingerprint density at radius 2 is 1.62 bits per heavy atom. The van der Waals surface area contributed by atoms with E-state index in [-0.39, 0.29) is 16.9 Å². The first kappa shape index (κ1) is 28.4. The van der Waals surface area contributed by atoms with E-state index in [2.05, 4.69) is 20.9 Å². The van der Waals surface area contributed by atoms with Crippen molar-refractivity contribution in [2.75, 3.05) is 10.6 Å². The molecule has 1 heterocycles. The number of thioether (sulfide) groups is 1. The lowest BCUT2D eigenvalue weighted by atomic mass is 10.1. The van der Waals surface area contributed by atoms with E-state index in [0.29, 0.717) is 32.0 Å². The van der Waals surface area contributed by atoms with Crippen molar-refractivity contribution in [2.24, 2.45) is 0 Å². The summed E-state index contributed by atoms with van der Waals surface area (Å²) >= 11 is 15.3. The predicted molar refractivity (Wildman–Crippen MR) is 159 cm³/mol. The van der Waals surface area contributed by atoms with Crippen LogP contribution in [-0.4, -0.2) is 28.0 Å². The molecule has 0 aliphatic carbocycles. The molecule has 0 saturated carbocycles. The zero-order valence-corrected chi connectivity index (χ0v) is 23.6. The van der Waals surface area contributed by atoms with E-state index in [4.69, 9.17) is 23.2 Å². The van der Waals surface area contributed by atoms with Gasteiger partial charge in [-0.15, -0.1) is 23.1 Å². The summed E-state index contributed by atoms with van der Waals surface area (Å²) in [6, 6.07) is 20.5. The summed E-state index contributed by atoms with van der Waals surface area (Å²) in [5.41, 5.74) is 1.24. The molecule has 3 N–H and O–H groups in total. The van der Waals surface area contributed by atoms with E-state index in [9.17, 15) is 14.4 Å². The molecule has 0 aliphatic rings. The van der Waals surface area contributed by atoms with Gasteiger partial charge in [-0.2, -0.15) is 0 Å². The van der Waals surface area contributed by atoms with Gasteiger partial charge in [-0.25, -0.2) is 4.98 Å². The summed E-state index contributed by atoms with van der Waals surface area (Å²) in [6.45, 7) is 1.80. The minimum Gasteiger partial charge on any atom is -0.321 e. The smallest absolute Gasteiger partial charge is 0.272 e. The molecule has 1 aromatic heterocycles. The van der Waals surface area contributed by atoms with E-state index < -0.39 is 11.8 Å². The summed E-state index contributed by atoms with van der Waals surface area (Å²) in [6.07, 6.45) is 3.07. The summed E-state index contributed by atoms with van der Waals surface area (Å²) in [5.74, 6) is -1.18.